The van der Waals surface area contributed by atoms with Crippen molar-refractivity contribution < 1.29 is 24.2 Å². The zero-order chi connectivity index (χ0) is 34.0. The van der Waals surface area contributed by atoms with E-state index in [1.54, 1.807) is 18.4 Å². The Balaban J connectivity index is 1.16. The Morgan fingerprint density at radius 2 is 1.73 bits per heavy atom. The fourth-order valence-electron chi connectivity index (χ4n) is 7.33. The molecule has 2 saturated carbocycles. The molecule has 0 bridgehead atoms. The molecule has 3 aromatic rings. The molecule has 3 aliphatic rings. The molecule has 1 aliphatic heterocycles. The van der Waals surface area contributed by atoms with E-state index in [1.165, 1.54) is 16.0 Å². The number of ether oxygens (including phenoxy) is 2. The lowest BCUT2D eigenvalue weighted by atomic mass is 9.78. The fourth-order valence-corrected chi connectivity index (χ4v) is 8.30. The molecule has 10 heteroatoms. The van der Waals surface area contributed by atoms with Crippen LogP contribution in [0.4, 0.5) is 10.6 Å². The van der Waals surface area contributed by atoms with Gasteiger partial charge in [0.25, 0.3) is 0 Å². The number of aliphatic hydroxyl groups is 1. The molecule has 2 aromatic heterocycles. The number of β-amino-alcohol motifs (C(OH)–C–C–N with tert-alkyl or cyclic N) is 1. The van der Waals surface area contributed by atoms with Gasteiger partial charge in [-0.05, 0) is 105 Å². The molecule has 1 aromatic carbocycles. The highest BCUT2D eigenvalue weighted by atomic mass is 32.1. The third-order valence-corrected chi connectivity index (χ3v) is 11.8. The number of benzene rings is 1. The normalized spacial score (nSPS) is 23.3. The summed E-state index contributed by atoms with van der Waals surface area (Å²) in [6, 6.07) is 10.6. The molecule has 2 amide bonds. The minimum absolute atomic E-state index is 0.0339. The third kappa shape index (κ3) is 7.86. The van der Waals surface area contributed by atoms with Gasteiger partial charge in [0.1, 0.15) is 17.7 Å². The summed E-state index contributed by atoms with van der Waals surface area (Å²) < 4.78 is 11.2. The molecule has 0 atom stereocenters. The Morgan fingerprint density at radius 3 is 2.35 bits per heavy atom. The van der Waals surface area contributed by atoms with Crippen molar-refractivity contribution in [3.63, 3.8) is 0 Å². The number of aromatic nitrogens is 2. The lowest BCUT2D eigenvalue weighted by Crippen LogP contribution is -2.54. The number of aliphatic hydroxyl groups excluding tert-OH is 1. The van der Waals surface area contributed by atoms with Gasteiger partial charge in [0.05, 0.1) is 36.2 Å². The van der Waals surface area contributed by atoms with Crippen LogP contribution in [-0.4, -0.2) is 70.9 Å². The van der Waals surface area contributed by atoms with Crippen LogP contribution < -0.4 is 9.64 Å². The average molecular weight is 675 g/mol. The summed E-state index contributed by atoms with van der Waals surface area (Å²) in [7, 11) is 1.72. The lowest BCUT2D eigenvalue weighted by molar-refractivity contribution is -0.124. The largest absolute Gasteiger partial charge is 0.496 e. The molecule has 1 N–H and O–H groups in total. The van der Waals surface area contributed by atoms with Crippen LogP contribution in [0.25, 0.3) is 10.4 Å². The standard InChI is InChI=1S/C38H50N4O5S/c1-24-18-28(12-15-32(24)46-5)26-8-6-25(7-9-26)21-42(34-19-29(16-17-39-34)33-20-40-36(48-33)38(2,3)4)35(44)27-10-13-31(14-11-27)47-37(45)41-22-30(43)23-41/h12,15-20,25-27,30-31,43H,6-11,13-14,21-23H2,1-5H3. The number of nitrogens with zero attached hydrogens (tertiary/aromatic N) is 4. The van der Waals surface area contributed by atoms with E-state index in [0.717, 1.165) is 46.9 Å². The van der Waals surface area contributed by atoms with Crippen molar-refractivity contribution in [2.45, 2.75) is 103 Å². The van der Waals surface area contributed by atoms with Gasteiger partial charge in [0, 0.05) is 30.3 Å². The van der Waals surface area contributed by atoms with Crippen LogP contribution in [0.5, 0.6) is 5.75 Å². The summed E-state index contributed by atoms with van der Waals surface area (Å²) in [5.74, 6) is 2.48. The van der Waals surface area contributed by atoms with E-state index < -0.39 is 6.10 Å². The van der Waals surface area contributed by atoms with Gasteiger partial charge in [0.15, 0.2) is 0 Å². The number of carbonyl (C=O) groups excluding carboxylic acids is 2. The maximum Gasteiger partial charge on any atom is 0.410 e. The molecule has 6 rings (SSSR count). The van der Waals surface area contributed by atoms with Crippen LogP contribution in [-0.2, 0) is 14.9 Å². The summed E-state index contributed by atoms with van der Waals surface area (Å²) in [5, 5.41) is 10.6. The Hall–Kier alpha value is -3.50. The zero-order valence-corrected chi connectivity index (χ0v) is 29.8. The number of aryl methyl sites for hydroxylation is 1. The SMILES string of the molecule is COc1ccc(C2CCC(CN(C(=O)C3CCC(OC(=O)N4CC(O)C4)CC3)c3cc(-c4cnc(C(C)(C)C)s4)ccn3)CC2)cc1C. The first-order valence-corrected chi connectivity index (χ1v) is 18.3. The van der Waals surface area contributed by atoms with E-state index in [1.807, 2.05) is 23.4 Å². The molecule has 258 valence electrons. The van der Waals surface area contributed by atoms with Crippen molar-refractivity contribution in [3.05, 3.63) is 58.9 Å². The number of likely N-dealkylation sites (tertiary alicyclic amines) is 1. The molecular formula is C38H50N4O5S. The number of pyridine rings is 1. The predicted molar refractivity (Wildman–Crippen MR) is 189 cm³/mol. The summed E-state index contributed by atoms with van der Waals surface area (Å²) in [5.41, 5.74) is 3.53. The number of rotatable bonds is 8. The van der Waals surface area contributed by atoms with Gasteiger partial charge < -0.3 is 19.5 Å². The highest BCUT2D eigenvalue weighted by Crippen LogP contribution is 2.39. The van der Waals surface area contributed by atoms with Crippen molar-refractivity contribution in [2.75, 3.05) is 31.6 Å². The number of hydrogen-bond donors (Lipinski definition) is 1. The van der Waals surface area contributed by atoms with Crippen LogP contribution >= 0.6 is 11.3 Å². The van der Waals surface area contributed by atoms with Crippen LogP contribution in [0.1, 0.15) is 94.2 Å². The van der Waals surface area contributed by atoms with Crippen LogP contribution in [0.3, 0.4) is 0 Å². The first-order valence-electron chi connectivity index (χ1n) is 17.5. The third-order valence-electron chi connectivity index (χ3n) is 10.3. The van der Waals surface area contributed by atoms with Crippen molar-refractivity contribution in [2.24, 2.45) is 11.8 Å². The smallest absolute Gasteiger partial charge is 0.410 e. The van der Waals surface area contributed by atoms with Gasteiger partial charge in [-0.1, -0.05) is 32.9 Å². The molecule has 1 saturated heterocycles. The number of thiazole rings is 1. The van der Waals surface area contributed by atoms with Crippen LogP contribution in [0.15, 0.2) is 42.7 Å². The number of hydrogen-bond acceptors (Lipinski definition) is 8. The second-order valence-electron chi connectivity index (χ2n) is 15.0. The van der Waals surface area contributed by atoms with Crippen molar-refractivity contribution in [1.82, 2.24) is 14.9 Å². The number of amides is 2. The van der Waals surface area contributed by atoms with Gasteiger partial charge in [0.2, 0.25) is 5.91 Å². The van der Waals surface area contributed by atoms with Crippen molar-refractivity contribution in [1.29, 1.82) is 0 Å². The molecule has 3 heterocycles. The zero-order valence-electron chi connectivity index (χ0n) is 29.0. The van der Waals surface area contributed by atoms with E-state index in [4.69, 9.17) is 19.4 Å². The van der Waals surface area contributed by atoms with Crippen LogP contribution in [0, 0.1) is 18.8 Å². The van der Waals surface area contributed by atoms with E-state index in [0.29, 0.717) is 63.0 Å². The fraction of sp³-hybridized carbons (Fsp3) is 0.579. The summed E-state index contributed by atoms with van der Waals surface area (Å²) in [6.45, 7) is 9.91. The quantitative estimate of drug-likeness (QED) is 0.264. The Labute approximate surface area is 288 Å². The maximum absolute atomic E-state index is 14.4. The minimum atomic E-state index is -0.456. The van der Waals surface area contributed by atoms with E-state index in [9.17, 15) is 14.7 Å². The number of anilines is 1. The number of carbonyl (C=O) groups is 2. The molecular weight excluding hydrogens is 625 g/mol. The average Bonchev–Trinajstić information content (AvgIpc) is 3.58. The summed E-state index contributed by atoms with van der Waals surface area (Å²) in [6.07, 6.45) is 9.66. The highest BCUT2D eigenvalue weighted by Gasteiger charge is 2.36. The second kappa shape index (κ2) is 14.5. The molecule has 0 spiro atoms. The Morgan fingerprint density at radius 1 is 1.00 bits per heavy atom. The lowest BCUT2D eigenvalue weighted by Gasteiger charge is -2.38. The monoisotopic (exact) mass is 674 g/mol. The van der Waals surface area contributed by atoms with E-state index >= 15 is 0 Å². The topological polar surface area (TPSA) is 105 Å². The highest BCUT2D eigenvalue weighted by molar-refractivity contribution is 7.15. The second-order valence-corrected chi connectivity index (χ2v) is 16.0. The van der Waals surface area contributed by atoms with Gasteiger partial charge in [-0.2, -0.15) is 0 Å². The van der Waals surface area contributed by atoms with Crippen molar-refractivity contribution >= 4 is 29.2 Å². The molecule has 2 aliphatic carbocycles. The van der Waals surface area contributed by atoms with Gasteiger partial charge >= 0.3 is 6.09 Å². The minimum Gasteiger partial charge on any atom is -0.496 e. The molecule has 0 unspecified atom stereocenters. The number of methoxy groups -OCH3 is 1. The molecule has 0 radical (unpaired) electrons. The Bertz CT molecular complexity index is 1580. The van der Waals surface area contributed by atoms with Gasteiger partial charge in [-0.25, -0.2) is 14.8 Å². The van der Waals surface area contributed by atoms with E-state index in [-0.39, 0.29) is 29.4 Å². The maximum atomic E-state index is 14.4. The molecule has 9 nitrogen and oxygen atoms in total. The van der Waals surface area contributed by atoms with Crippen LogP contribution in [0.2, 0.25) is 0 Å². The first-order chi connectivity index (χ1) is 23.0. The molecule has 48 heavy (non-hydrogen) atoms. The first kappa shape index (κ1) is 34.4. The molecule has 3 fully saturated rings. The van der Waals surface area contributed by atoms with Crippen molar-refractivity contribution in [3.8, 4) is 16.2 Å². The van der Waals surface area contributed by atoms with Gasteiger partial charge in [-0.3, -0.25) is 9.69 Å². The van der Waals surface area contributed by atoms with Gasteiger partial charge in [-0.15, -0.1) is 11.3 Å². The Kier molecular flexibility index (Phi) is 10.4. The predicted octanol–water partition coefficient (Wildman–Crippen LogP) is 7.50. The summed E-state index contributed by atoms with van der Waals surface area (Å²) >= 11 is 1.69. The summed E-state index contributed by atoms with van der Waals surface area (Å²) in [4.78, 5) is 40.8. The van der Waals surface area contributed by atoms with E-state index in [2.05, 4.69) is 52.0 Å².